The molecule has 15 heavy (non-hydrogen) atoms. The van der Waals surface area contributed by atoms with Gasteiger partial charge in [-0.25, -0.2) is 9.97 Å². The Morgan fingerprint density at radius 2 is 2.27 bits per heavy atom. The van der Waals surface area contributed by atoms with Crippen molar-refractivity contribution in [3.05, 3.63) is 17.0 Å². The maximum absolute atomic E-state index is 9.14. The van der Waals surface area contributed by atoms with Crippen LogP contribution < -0.4 is 5.32 Å². The fourth-order valence-corrected chi connectivity index (χ4v) is 1.69. The first-order valence-corrected chi connectivity index (χ1v) is 5.37. The van der Waals surface area contributed by atoms with E-state index in [1.54, 1.807) is 13.0 Å². The average Bonchev–Trinajstić information content (AvgIpc) is 2.94. The van der Waals surface area contributed by atoms with Crippen molar-refractivity contribution in [2.24, 2.45) is 5.41 Å². The second-order valence-corrected chi connectivity index (χ2v) is 4.52. The number of hydrogen-bond acceptors (Lipinski definition) is 4. The number of aliphatic hydroxyl groups excluding tert-OH is 1. The Morgan fingerprint density at radius 3 is 2.80 bits per heavy atom. The van der Waals surface area contributed by atoms with Crippen molar-refractivity contribution in [3.8, 4) is 0 Å². The summed E-state index contributed by atoms with van der Waals surface area (Å²) < 4.78 is 0. The van der Waals surface area contributed by atoms with Gasteiger partial charge in [0.1, 0.15) is 16.8 Å². The molecule has 1 aromatic rings. The van der Waals surface area contributed by atoms with E-state index in [0.29, 0.717) is 11.0 Å². The molecule has 1 fully saturated rings. The molecule has 2 N–H and O–H groups in total. The zero-order valence-electron chi connectivity index (χ0n) is 8.63. The molecule has 0 aliphatic heterocycles. The van der Waals surface area contributed by atoms with Gasteiger partial charge in [-0.15, -0.1) is 0 Å². The first-order chi connectivity index (χ1) is 7.13. The van der Waals surface area contributed by atoms with Crippen LogP contribution in [0.2, 0.25) is 5.15 Å². The summed E-state index contributed by atoms with van der Waals surface area (Å²) in [6.07, 6.45) is 2.16. The van der Waals surface area contributed by atoms with Gasteiger partial charge in [-0.05, 0) is 19.8 Å². The molecule has 0 radical (unpaired) electrons. The van der Waals surface area contributed by atoms with Gasteiger partial charge in [-0.1, -0.05) is 11.6 Å². The van der Waals surface area contributed by atoms with E-state index in [-0.39, 0.29) is 12.0 Å². The highest BCUT2D eigenvalue weighted by molar-refractivity contribution is 6.29. The summed E-state index contributed by atoms with van der Waals surface area (Å²) in [6, 6.07) is 1.70. The highest BCUT2D eigenvalue weighted by atomic mass is 35.5. The minimum atomic E-state index is 0.0747. The van der Waals surface area contributed by atoms with Crippen molar-refractivity contribution >= 4 is 17.4 Å². The minimum Gasteiger partial charge on any atom is -0.396 e. The Morgan fingerprint density at radius 1 is 1.53 bits per heavy atom. The first-order valence-electron chi connectivity index (χ1n) is 4.99. The minimum absolute atomic E-state index is 0.0747. The second-order valence-electron chi connectivity index (χ2n) is 4.13. The molecule has 1 aliphatic carbocycles. The van der Waals surface area contributed by atoms with Gasteiger partial charge in [-0.3, -0.25) is 0 Å². The van der Waals surface area contributed by atoms with Crippen LogP contribution in [0.5, 0.6) is 0 Å². The number of nitrogens with one attached hydrogen (secondary N) is 1. The van der Waals surface area contributed by atoms with E-state index in [9.17, 15) is 0 Å². The number of aromatic nitrogens is 2. The summed E-state index contributed by atoms with van der Waals surface area (Å²) in [5, 5.41) is 12.8. The summed E-state index contributed by atoms with van der Waals surface area (Å²) in [5.41, 5.74) is 0.0747. The van der Waals surface area contributed by atoms with Gasteiger partial charge in [0.15, 0.2) is 0 Å². The zero-order chi connectivity index (χ0) is 10.9. The lowest BCUT2D eigenvalue weighted by atomic mass is 10.1. The van der Waals surface area contributed by atoms with Gasteiger partial charge >= 0.3 is 0 Å². The predicted molar refractivity (Wildman–Crippen MR) is 59.0 cm³/mol. The Bertz CT molecular complexity index is 345. The molecule has 1 saturated carbocycles. The molecule has 1 aromatic heterocycles. The van der Waals surface area contributed by atoms with Gasteiger partial charge in [0.05, 0.1) is 6.61 Å². The third-order valence-electron chi connectivity index (χ3n) is 2.74. The number of hydrogen-bond donors (Lipinski definition) is 2. The van der Waals surface area contributed by atoms with Crippen molar-refractivity contribution in [2.75, 3.05) is 18.5 Å². The standard InChI is InChI=1S/C10H14ClN3O/c1-7-13-8(11)4-9(14-7)12-5-10(6-15)2-3-10/h4,15H,2-3,5-6H2,1H3,(H,12,13,14). The van der Waals surface area contributed by atoms with E-state index in [1.165, 1.54) is 0 Å². The fraction of sp³-hybridized carbons (Fsp3) is 0.600. The molecule has 0 unspecified atom stereocenters. The van der Waals surface area contributed by atoms with Crippen LogP contribution in [0, 0.1) is 12.3 Å². The Labute approximate surface area is 93.7 Å². The van der Waals surface area contributed by atoms with E-state index >= 15 is 0 Å². The molecule has 82 valence electrons. The first kappa shape index (κ1) is 10.6. The molecular weight excluding hydrogens is 214 g/mol. The fourth-order valence-electron chi connectivity index (χ4n) is 1.47. The van der Waals surface area contributed by atoms with Crippen molar-refractivity contribution in [1.29, 1.82) is 0 Å². The lowest BCUT2D eigenvalue weighted by molar-refractivity contribution is 0.219. The van der Waals surface area contributed by atoms with Gasteiger partial charge < -0.3 is 10.4 Å². The van der Waals surface area contributed by atoms with Gasteiger partial charge in [-0.2, -0.15) is 0 Å². The van der Waals surface area contributed by atoms with E-state index in [0.717, 1.165) is 25.2 Å². The lowest BCUT2D eigenvalue weighted by Crippen LogP contribution is -2.19. The topological polar surface area (TPSA) is 58.0 Å². The van der Waals surface area contributed by atoms with Crippen LogP contribution in [0.25, 0.3) is 0 Å². The van der Waals surface area contributed by atoms with Crippen LogP contribution in [0.1, 0.15) is 18.7 Å². The van der Waals surface area contributed by atoms with Gasteiger partial charge in [0.25, 0.3) is 0 Å². The normalized spacial score (nSPS) is 17.5. The van der Waals surface area contributed by atoms with Gasteiger partial charge in [0, 0.05) is 18.0 Å². The number of aliphatic hydroxyl groups is 1. The predicted octanol–water partition coefficient (Wildman–Crippen LogP) is 1.62. The molecule has 0 amide bonds. The van der Waals surface area contributed by atoms with Crippen LogP contribution in [-0.2, 0) is 0 Å². The number of nitrogens with zero attached hydrogens (tertiary/aromatic N) is 2. The van der Waals surface area contributed by atoms with Crippen molar-refractivity contribution in [3.63, 3.8) is 0 Å². The second kappa shape index (κ2) is 3.94. The van der Waals surface area contributed by atoms with Crippen LogP contribution in [-0.4, -0.2) is 28.2 Å². The van der Waals surface area contributed by atoms with E-state index < -0.39 is 0 Å². The Balaban J connectivity index is 1.99. The molecule has 2 rings (SSSR count). The maximum Gasteiger partial charge on any atom is 0.134 e. The molecule has 1 aliphatic rings. The van der Waals surface area contributed by atoms with Crippen LogP contribution >= 0.6 is 11.6 Å². The third-order valence-corrected chi connectivity index (χ3v) is 2.94. The monoisotopic (exact) mass is 227 g/mol. The van der Waals surface area contributed by atoms with Gasteiger partial charge in [0.2, 0.25) is 0 Å². The third kappa shape index (κ3) is 2.58. The lowest BCUT2D eigenvalue weighted by Gasteiger charge is -2.13. The Hall–Kier alpha value is -0.870. The number of rotatable bonds is 4. The molecule has 0 bridgehead atoms. The smallest absolute Gasteiger partial charge is 0.134 e. The summed E-state index contributed by atoms with van der Waals surface area (Å²) in [5.74, 6) is 1.38. The molecule has 1 heterocycles. The summed E-state index contributed by atoms with van der Waals surface area (Å²) >= 11 is 5.81. The van der Waals surface area contributed by atoms with Crippen LogP contribution in [0.4, 0.5) is 5.82 Å². The average molecular weight is 228 g/mol. The summed E-state index contributed by atoms with van der Waals surface area (Å²) in [4.78, 5) is 8.19. The number of anilines is 1. The molecule has 0 atom stereocenters. The number of halogens is 1. The maximum atomic E-state index is 9.14. The molecular formula is C10H14ClN3O. The largest absolute Gasteiger partial charge is 0.396 e. The molecule has 0 aromatic carbocycles. The molecule has 5 heteroatoms. The van der Waals surface area contributed by atoms with Crippen LogP contribution in [0.15, 0.2) is 6.07 Å². The van der Waals surface area contributed by atoms with Crippen LogP contribution in [0.3, 0.4) is 0 Å². The quantitative estimate of drug-likeness (QED) is 0.768. The highest BCUT2D eigenvalue weighted by Gasteiger charge is 2.41. The SMILES string of the molecule is Cc1nc(Cl)cc(NCC2(CO)CC2)n1. The molecule has 0 spiro atoms. The Kier molecular flexibility index (Phi) is 2.80. The molecule has 0 saturated heterocycles. The number of aryl methyl sites for hydroxylation is 1. The highest BCUT2D eigenvalue weighted by Crippen LogP contribution is 2.44. The zero-order valence-corrected chi connectivity index (χ0v) is 9.38. The van der Waals surface area contributed by atoms with Crippen molar-refractivity contribution in [1.82, 2.24) is 9.97 Å². The summed E-state index contributed by atoms with van der Waals surface area (Å²) in [7, 11) is 0. The van der Waals surface area contributed by atoms with Crippen molar-refractivity contribution in [2.45, 2.75) is 19.8 Å². The summed E-state index contributed by atoms with van der Waals surface area (Å²) in [6.45, 7) is 2.78. The van der Waals surface area contributed by atoms with E-state index in [4.69, 9.17) is 16.7 Å². The van der Waals surface area contributed by atoms with Crippen molar-refractivity contribution < 1.29 is 5.11 Å². The molecule has 4 nitrogen and oxygen atoms in total. The van der Waals surface area contributed by atoms with E-state index in [1.807, 2.05) is 0 Å². The van der Waals surface area contributed by atoms with E-state index in [2.05, 4.69) is 15.3 Å².